The van der Waals surface area contributed by atoms with Gasteiger partial charge in [0, 0.05) is 30.7 Å². The number of hydrogen-bond donors (Lipinski definition) is 0. The van der Waals surface area contributed by atoms with Crippen molar-refractivity contribution >= 4 is 21.7 Å². The van der Waals surface area contributed by atoms with Crippen LogP contribution in [0.15, 0.2) is 33.9 Å². The molecule has 0 bridgehead atoms. The summed E-state index contributed by atoms with van der Waals surface area (Å²) in [5.41, 5.74) is -0.790. The van der Waals surface area contributed by atoms with E-state index in [1.165, 1.54) is 30.8 Å². The van der Waals surface area contributed by atoms with Crippen molar-refractivity contribution in [1.82, 2.24) is 9.13 Å². The van der Waals surface area contributed by atoms with E-state index < -0.39 is 22.8 Å². The first-order valence-corrected chi connectivity index (χ1v) is 7.15. The third kappa shape index (κ3) is 2.61. The lowest BCUT2D eigenvalue weighted by molar-refractivity contribution is 0.103. The first-order chi connectivity index (χ1) is 9.88. The zero-order chi connectivity index (χ0) is 15.7. The smallest absolute Gasteiger partial charge is 0.299 e. The summed E-state index contributed by atoms with van der Waals surface area (Å²) in [6, 6.07) is 4.90. The number of carbonyl (C=O) groups excluding carboxylic acids is 1. The van der Waals surface area contributed by atoms with Crippen molar-refractivity contribution in [3.05, 3.63) is 67.7 Å². The highest BCUT2D eigenvalue weighted by molar-refractivity contribution is 9.08. The van der Waals surface area contributed by atoms with Crippen molar-refractivity contribution in [3.8, 4) is 0 Å². The number of benzene rings is 1. The summed E-state index contributed by atoms with van der Waals surface area (Å²) in [5.74, 6) is -1.01. The maximum Gasteiger partial charge on any atom is 0.330 e. The van der Waals surface area contributed by atoms with E-state index in [-0.39, 0.29) is 22.2 Å². The fraction of sp³-hybridized carbons (Fsp3) is 0.214. The van der Waals surface area contributed by atoms with Gasteiger partial charge in [0.2, 0.25) is 0 Å². The second-order valence-corrected chi connectivity index (χ2v) is 5.06. The van der Waals surface area contributed by atoms with Gasteiger partial charge >= 0.3 is 5.69 Å². The molecule has 2 aromatic rings. The molecule has 7 heteroatoms. The van der Waals surface area contributed by atoms with E-state index in [0.29, 0.717) is 0 Å². The molecule has 110 valence electrons. The predicted molar refractivity (Wildman–Crippen MR) is 79.4 cm³/mol. The van der Waals surface area contributed by atoms with Gasteiger partial charge in [0.1, 0.15) is 11.4 Å². The van der Waals surface area contributed by atoms with Gasteiger partial charge in [-0.05, 0) is 24.3 Å². The molecule has 0 atom stereocenters. The summed E-state index contributed by atoms with van der Waals surface area (Å²) in [6.07, 6.45) is 0. The van der Waals surface area contributed by atoms with Crippen molar-refractivity contribution < 1.29 is 9.18 Å². The maximum atomic E-state index is 12.9. The second kappa shape index (κ2) is 5.77. The van der Waals surface area contributed by atoms with Gasteiger partial charge in [-0.15, -0.1) is 0 Å². The number of alkyl halides is 1. The number of hydrogen-bond acceptors (Lipinski definition) is 3. The lowest BCUT2D eigenvalue weighted by Gasteiger charge is -2.12. The predicted octanol–water partition coefficient (Wildman–Crippen LogP) is 1.35. The van der Waals surface area contributed by atoms with Gasteiger partial charge < -0.3 is 0 Å². The van der Waals surface area contributed by atoms with E-state index in [1.54, 1.807) is 0 Å². The van der Waals surface area contributed by atoms with Crippen LogP contribution < -0.4 is 11.2 Å². The van der Waals surface area contributed by atoms with Crippen LogP contribution in [0, 0.1) is 5.82 Å². The van der Waals surface area contributed by atoms with Crippen molar-refractivity contribution in [2.45, 2.75) is 5.33 Å². The highest BCUT2D eigenvalue weighted by atomic mass is 79.9. The Kier molecular flexibility index (Phi) is 4.22. The Morgan fingerprint density at radius 1 is 1.14 bits per heavy atom. The average molecular weight is 355 g/mol. The third-order valence-electron chi connectivity index (χ3n) is 3.25. The molecule has 0 amide bonds. The standard InChI is InChI=1S/C14H12BrFN2O3/c1-17-10(7-15)11(13(20)18(2)14(17)21)12(19)8-3-5-9(16)6-4-8/h3-6H,7H2,1-2H3. The summed E-state index contributed by atoms with van der Waals surface area (Å²) >= 11 is 3.18. The van der Waals surface area contributed by atoms with Gasteiger partial charge in [-0.2, -0.15) is 0 Å². The molecule has 0 radical (unpaired) electrons. The van der Waals surface area contributed by atoms with Gasteiger partial charge in [0.25, 0.3) is 5.56 Å². The lowest BCUT2D eigenvalue weighted by Crippen LogP contribution is -2.42. The van der Waals surface area contributed by atoms with Crippen molar-refractivity contribution in [1.29, 1.82) is 0 Å². The molecule has 0 aliphatic rings. The lowest BCUT2D eigenvalue weighted by atomic mass is 10.0. The molecule has 5 nitrogen and oxygen atoms in total. The number of carbonyl (C=O) groups is 1. The minimum absolute atomic E-state index is 0.0944. The second-order valence-electron chi connectivity index (χ2n) is 4.50. The maximum absolute atomic E-state index is 12.9. The number of ketones is 1. The zero-order valence-electron chi connectivity index (χ0n) is 11.4. The minimum Gasteiger partial charge on any atom is -0.299 e. The van der Waals surface area contributed by atoms with Crippen LogP contribution in [-0.2, 0) is 19.4 Å². The molecule has 0 N–H and O–H groups in total. The molecule has 0 aliphatic carbocycles. The van der Waals surface area contributed by atoms with Gasteiger partial charge in [-0.25, -0.2) is 9.18 Å². The fourth-order valence-electron chi connectivity index (χ4n) is 2.02. The molecule has 1 heterocycles. The molecule has 0 saturated carbocycles. The van der Waals surface area contributed by atoms with Crippen LogP contribution in [0.5, 0.6) is 0 Å². The molecule has 0 aliphatic heterocycles. The van der Waals surface area contributed by atoms with Gasteiger partial charge in [0.05, 0.1) is 0 Å². The summed E-state index contributed by atoms with van der Waals surface area (Å²) in [5, 5.41) is 0.178. The SMILES string of the molecule is Cn1c(CBr)c(C(=O)c2ccc(F)cc2)c(=O)n(C)c1=O. The number of halogens is 2. The Hall–Kier alpha value is -2.02. The minimum atomic E-state index is -0.665. The summed E-state index contributed by atoms with van der Waals surface area (Å²) in [6.45, 7) is 0. The molecular formula is C14H12BrFN2O3. The van der Waals surface area contributed by atoms with E-state index in [1.807, 2.05) is 0 Å². The summed E-state index contributed by atoms with van der Waals surface area (Å²) in [7, 11) is 2.80. The Morgan fingerprint density at radius 3 is 2.24 bits per heavy atom. The van der Waals surface area contributed by atoms with Crippen molar-refractivity contribution in [2.24, 2.45) is 14.1 Å². The van der Waals surface area contributed by atoms with Crippen molar-refractivity contribution in [2.75, 3.05) is 0 Å². The Balaban J connectivity index is 2.74. The number of rotatable bonds is 3. The zero-order valence-corrected chi connectivity index (χ0v) is 13.0. The van der Waals surface area contributed by atoms with Crippen LogP contribution >= 0.6 is 15.9 Å². The topological polar surface area (TPSA) is 61.1 Å². The number of aromatic nitrogens is 2. The van der Waals surface area contributed by atoms with Gasteiger partial charge in [-0.1, -0.05) is 15.9 Å². The van der Waals surface area contributed by atoms with Crippen LogP contribution in [0.3, 0.4) is 0 Å². The summed E-state index contributed by atoms with van der Waals surface area (Å²) < 4.78 is 15.0. The normalized spacial score (nSPS) is 10.7. The first kappa shape index (κ1) is 15.4. The van der Waals surface area contributed by atoms with Gasteiger partial charge in [0.15, 0.2) is 5.78 Å². The molecular weight excluding hydrogens is 343 g/mol. The monoisotopic (exact) mass is 354 g/mol. The Bertz CT molecular complexity index is 822. The average Bonchev–Trinajstić information content (AvgIpc) is 2.48. The van der Waals surface area contributed by atoms with E-state index in [0.717, 1.165) is 16.7 Å². The van der Waals surface area contributed by atoms with E-state index in [9.17, 15) is 18.8 Å². The number of nitrogens with zero attached hydrogens (tertiary/aromatic N) is 2. The Labute approximate surface area is 127 Å². The quantitative estimate of drug-likeness (QED) is 0.617. The molecule has 0 unspecified atom stereocenters. The highest BCUT2D eigenvalue weighted by Gasteiger charge is 2.22. The van der Waals surface area contributed by atoms with E-state index in [2.05, 4.69) is 15.9 Å². The molecule has 1 aromatic carbocycles. The van der Waals surface area contributed by atoms with Crippen LogP contribution in [0.1, 0.15) is 21.6 Å². The highest BCUT2D eigenvalue weighted by Crippen LogP contribution is 2.13. The third-order valence-corrected chi connectivity index (χ3v) is 3.78. The molecule has 1 aromatic heterocycles. The van der Waals surface area contributed by atoms with E-state index >= 15 is 0 Å². The largest absolute Gasteiger partial charge is 0.330 e. The van der Waals surface area contributed by atoms with Crippen LogP contribution in [0.25, 0.3) is 0 Å². The van der Waals surface area contributed by atoms with Crippen molar-refractivity contribution in [3.63, 3.8) is 0 Å². The van der Waals surface area contributed by atoms with E-state index in [4.69, 9.17) is 0 Å². The van der Waals surface area contributed by atoms with Crippen LogP contribution in [-0.4, -0.2) is 14.9 Å². The summed E-state index contributed by atoms with van der Waals surface area (Å²) in [4.78, 5) is 36.6. The molecule has 2 rings (SSSR count). The molecule has 0 fully saturated rings. The fourth-order valence-corrected chi connectivity index (χ4v) is 2.67. The van der Waals surface area contributed by atoms with Crippen LogP contribution in [0.2, 0.25) is 0 Å². The molecule has 0 saturated heterocycles. The van der Waals surface area contributed by atoms with Crippen LogP contribution in [0.4, 0.5) is 4.39 Å². The Morgan fingerprint density at radius 2 is 1.71 bits per heavy atom. The molecule has 21 heavy (non-hydrogen) atoms. The first-order valence-electron chi connectivity index (χ1n) is 6.03. The molecule has 0 spiro atoms. The van der Waals surface area contributed by atoms with Gasteiger partial charge in [-0.3, -0.25) is 18.7 Å².